The number of hydrogen-bond donors (Lipinski definition) is 2. The average molecular weight is 364 g/mol. The Hall–Kier alpha value is -2.92. The lowest BCUT2D eigenvalue weighted by Crippen LogP contribution is -2.45. The Kier molecular flexibility index (Phi) is 5.81. The van der Waals surface area contributed by atoms with Crippen LogP contribution in [0.3, 0.4) is 0 Å². The molecule has 0 aliphatic heterocycles. The van der Waals surface area contributed by atoms with Crippen LogP contribution >= 0.6 is 11.3 Å². The van der Waals surface area contributed by atoms with Gasteiger partial charge < -0.3 is 10.6 Å². The van der Waals surface area contributed by atoms with Crippen molar-refractivity contribution >= 4 is 28.8 Å². The molecule has 0 bridgehead atoms. The molecule has 5 heteroatoms. The quantitative estimate of drug-likeness (QED) is 0.694. The van der Waals surface area contributed by atoms with Crippen LogP contribution in [-0.4, -0.2) is 17.9 Å². The summed E-state index contributed by atoms with van der Waals surface area (Å²) in [6.07, 6.45) is 0.426. The monoisotopic (exact) mass is 364 g/mol. The summed E-state index contributed by atoms with van der Waals surface area (Å²) in [6.45, 7) is 1.94. The molecule has 0 saturated carbocycles. The molecule has 2 N–H and O–H groups in total. The minimum atomic E-state index is -0.661. The summed E-state index contributed by atoms with van der Waals surface area (Å²) >= 11 is 1.35. The number of rotatable bonds is 6. The minimum absolute atomic E-state index is 0.229. The number of para-hydroxylation sites is 1. The summed E-state index contributed by atoms with van der Waals surface area (Å²) in [5.74, 6) is -0.464. The third-order valence-corrected chi connectivity index (χ3v) is 4.92. The number of nitrogens with one attached hydrogen (secondary N) is 2. The van der Waals surface area contributed by atoms with E-state index >= 15 is 0 Å². The summed E-state index contributed by atoms with van der Waals surface area (Å²) in [7, 11) is 0. The number of anilines is 1. The smallest absolute Gasteiger partial charge is 0.262 e. The molecule has 0 spiro atoms. The fourth-order valence-corrected chi connectivity index (χ4v) is 3.26. The maximum Gasteiger partial charge on any atom is 0.262 e. The molecule has 1 atom stereocenters. The molecule has 132 valence electrons. The van der Waals surface area contributed by atoms with Gasteiger partial charge in [-0.25, -0.2) is 0 Å². The van der Waals surface area contributed by atoms with Gasteiger partial charge in [-0.1, -0.05) is 54.6 Å². The Balaban J connectivity index is 1.78. The third-order valence-electron chi connectivity index (χ3n) is 4.05. The van der Waals surface area contributed by atoms with Crippen LogP contribution in [0.25, 0.3) is 0 Å². The molecular weight excluding hydrogens is 344 g/mol. The molecule has 0 aliphatic carbocycles. The van der Waals surface area contributed by atoms with Crippen LogP contribution in [0.2, 0.25) is 0 Å². The van der Waals surface area contributed by atoms with Gasteiger partial charge >= 0.3 is 0 Å². The Bertz CT molecular complexity index is 876. The van der Waals surface area contributed by atoms with Gasteiger partial charge in [0.1, 0.15) is 6.04 Å². The van der Waals surface area contributed by atoms with E-state index in [9.17, 15) is 9.59 Å². The molecular formula is C21H20N2O2S. The Morgan fingerprint density at radius 2 is 1.69 bits per heavy atom. The molecule has 0 radical (unpaired) electrons. The normalized spacial score (nSPS) is 11.6. The fourth-order valence-electron chi connectivity index (χ4n) is 2.63. The van der Waals surface area contributed by atoms with Crippen LogP contribution in [0.1, 0.15) is 20.8 Å². The molecule has 0 unspecified atom stereocenters. The number of carbonyl (C=O) groups excluding carboxylic acids is 2. The molecule has 3 rings (SSSR count). The second kappa shape index (κ2) is 8.45. The van der Waals surface area contributed by atoms with Crippen LogP contribution in [0, 0.1) is 6.92 Å². The van der Waals surface area contributed by atoms with E-state index in [1.807, 2.05) is 73.0 Å². The molecule has 4 nitrogen and oxygen atoms in total. The minimum Gasteiger partial charge on any atom is -0.339 e. The standard InChI is InChI=1S/C21H20N2O2S/c1-15-8-5-6-11-17(15)22-20(24)18(14-16-9-3-2-4-10-16)23-21(25)19-12-7-13-26-19/h2-13,18H,14H2,1H3,(H,22,24)(H,23,25)/t18-/m1/s1. The van der Waals surface area contributed by atoms with E-state index in [1.165, 1.54) is 11.3 Å². The van der Waals surface area contributed by atoms with Gasteiger partial charge in [0.05, 0.1) is 4.88 Å². The van der Waals surface area contributed by atoms with Gasteiger partial charge in [-0.15, -0.1) is 11.3 Å². The van der Waals surface area contributed by atoms with Gasteiger partial charge in [0, 0.05) is 12.1 Å². The molecule has 26 heavy (non-hydrogen) atoms. The van der Waals surface area contributed by atoms with Crippen molar-refractivity contribution in [3.8, 4) is 0 Å². The van der Waals surface area contributed by atoms with Crippen molar-refractivity contribution in [3.05, 3.63) is 88.1 Å². The maximum absolute atomic E-state index is 12.9. The van der Waals surface area contributed by atoms with Crippen LogP contribution < -0.4 is 10.6 Å². The highest BCUT2D eigenvalue weighted by Gasteiger charge is 2.22. The van der Waals surface area contributed by atoms with E-state index in [0.717, 1.165) is 16.8 Å². The molecule has 2 amide bonds. The van der Waals surface area contributed by atoms with Crippen molar-refractivity contribution in [3.63, 3.8) is 0 Å². The maximum atomic E-state index is 12.9. The Morgan fingerprint density at radius 1 is 0.962 bits per heavy atom. The van der Waals surface area contributed by atoms with E-state index in [1.54, 1.807) is 6.07 Å². The van der Waals surface area contributed by atoms with Gasteiger partial charge in [0.25, 0.3) is 5.91 Å². The molecule has 1 heterocycles. The predicted molar refractivity (Wildman–Crippen MR) is 106 cm³/mol. The largest absolute Gasteiger partial charge is 0.339 e. The first kappa shape index (κ1) is 17.9. The highest BCUT2D eigenvalue weighted by molar-refractivity contribution is 7.12. The molecule has 1 aromatic heterocycles. The van der Waals surface area contributed by atoms with Crippen molar-refractivity contribution < 1.29 is 9.59 Å². The summed E-state index contributed by atoms with van der Waals surface area (Å²) in [6, 6.07) is 20.2. The zero-order valence-electron chi connectivity index (χ0n) is 14.4. The SMILES string of the molecule is Cc1ccccc1NC(=O)[C@@H](Cc1ccccc1)NC(=O)c1cccs1. The Labute approximate surface area is 156 Å². The van der Waals surface area contributed by atoms with E-state index in [0.29, 0.717) is 11.3 Å². The summed E-state index contributed by atoms with van der Waals surface area (Å²) < 4.78 is 0. The van der Waals surface area contributed by atoms with Gasteiger partial charge in [0.2, 0.25) is 5.91 Å². The fraction of sp³-hybridized carbons (Fsp3) is 0.143. The van der Waals surface area contributed by atoms with Crippen LogP contribution in [0.15, 0.2) is 72.1 Å². The lowest BCUT2D eigenvalue weighted by molar-refractivity contribution is -0.118. The Morgan fingerprint density at radius 3 is 2.38 bits per heavy atom. The molecule has 0 saturated heterocycles. The van der Waals surface area contributed by atoms with Gasteiger partial charge in [-0.2, -0.15) is 0 Å². The third kappa shape index (κ3) is 4.58. The highest BCUT2D eigenvalue weighted by Crippen LogP contribution is 2.15. The van der Waals surface area contributed by atoms with E-state index < -0.39 is 6.04 Å². The topological polar surface area (TPSA) is 58.2 Å². The van der Waals surface area contributed by atoms with Crippen LogP contribution in [-0.2, 0) is 11.2 Å². The highest BCUT2D eigenvalue weighted by atomic mass is 32.1. The van der Waals surface area contributed by atoms with Gasteiger partial charge in [0.15, 0.2) is 0 Å². The molecule has 3 aromatic rings. The molecule has 2 aromatic carbocycles. The van der Waals surface area contributed by atoms with E-state index in [2.05, 4.69) is 10.6 Å². The van der Waals surface area contributed by atoms with Gasteiger partial charge in [-0.05, 0) is 35.6 Å². The summed E-state index contributed by atoms with van der Waals surface area (Å²) in [5.41, 5.74) is 2.72. The van der Waals surface area contributed by atoms with Crippen LogP contribution in [0.5, 0.6) is 0 Å². The summed E-state index contributed by atoms with van der Waals surface area (Å²) in [5, 5.41) is 7.64. The van der Waals surface area contributed by atoms with Crippen molar-refractivity contribution in [1.29, 1.82) is 0 Å². The van der Waals surface area contributed by atoms with Crippen LogP contribution in [0.4, 0.5) is 5.69 Å². The number of hydrogen-bond acceptors (Lipinski definition) is 3. The molecule has 0 aliphatic rings. The second-order valence-electron chi connectivity index (χ2n) is 6.00. The molecule has 0 fully saturated rings. The van der Waals surface area contributed by atoms with E-state index in [-0.39, 0.29) is 11.8 Å². The average Bonchev–Trinajstić information content (AvgIpc) is 3.19. The van der Waals surface area contributed by atoms with Crippen molar-refractivity contribution in [2.45, 2.75) is 19.4 Å². The zero-order valence-corrected chi connectivity index (χ0v) is 15.3. The first-order valence-electron chi connectivity index (χ1n) is 8.38. The first-order valence-corrected chi connectivity index (χ1v) is 9.26. The first-order chi connectivity index (χ1) is 12.6. The van der Waals surface area contributed by atoms with Crippen molar-refractivity contribution in [1.82, 2.24) is 5.32 Å². The lowest BCUT2D eigenvalue weighted by Gasteiger charge is -2.19. The predicted octanol–water partition coefficient (Wildman–Crippen LogP) is 4.04. The number of benzene rings is 2. The number of aryl methyl sites for hydroxylation is 1. The summed E-state index contributed by atoms with van der Waals surface area (Å²) in [4.78, 5) is 25.9. The lowest BCUT2D eigenvalue weighted by atomic mass is 10.0. The number of thiophene rings is 1. The van der Waals surface area contributed by atoms with Crippen molar-refractivity contribution in [2.75, 3.05) is 5.32 Å². The number of carbonyl (C=O) groups is 2. The second-order valence-corrected chi connectivity index (χ2v) is 6.94. The van der Waals surface area contributed by atoms with Crippen molar-refractivity contribution in [2.24, 2.45) is 0 Å². The number of amides is 2. The van der Waals surface area contributed by atoms with Gasteiger partial charge in [-0.3, -0.25) is 9.59 Å². The van der Waals surface area contributed by atoms with E-state index in [4.69, 9.17) is 0 Å². The zero-order chi connectivity index (χ0) is 18.4.